The molecule has 31 heavy (non-hydrogen) atoms. The molecule has 3 aromatic rings. The number of carbonyl (C=O) groups is 2. The fourth-order valence-electron chi connectivity index (χ4n) is 3.31. The summed E-state index contributed by atoms with van der Waals surface area (Å²) in [5, 5.41) is 2.85. The lowest BCUT2D eigenvalue weighted by molar-refractivity contribution is -0.122. The Balaban J connectivity index is 1.54. The summed E-state index contributed by atoms with van der Waals surface area (Å²) in [5.74, 6) is -0.399. The van der Waals surface area contributed by atoms with Gasteiger partial charge in [-0.15, -0.1) is 0 Å². The van der Waals surface area contributed by atoms with Crippen LogP contribution in [0.15, 0.2) is 82.7 Å². The molecule has 2 aromatic carbocycles. The largest absolute Gasteiger partial charge is 0.349 e. The fraction of sp³-hybridized carbons (Fsp3) is 0.160. The number of anilines is 1. The number of hydrogen-bond acceptors (Lipinski definition) is 4. The average molecular weight is 430 g/mol. The molecule has 1 N–H and O–H groups in total. The molecule has 1 aliphatic heterocycles. The predicted molar refractivity (Wildman–Crippen MR) is 125 cm³/mol. The van der Waals surface area contributed by atoms with Crippen molar-refractivity contribution in [1.29, 1.82) is 0 Å². The van der Waals surface area contributed by atoms with E-state index in [2.05, 4.69) is 29.4 Å². The van der Waals surface area contributed by atoms with E-state index in [4.69, 9.17) is 0 Å². The second-order valence-electron chi connectivity index (χ2n) is 7.16. The zero-order chi connectivity index (χ0) is 21.6. The Labute approximate surface area is 186 Å². The Kier molecular flexibility index (Phi) is 6.48. The van der Waals surface area contributed by atoms with Crippen LogP contribution in [0.25, 0.3) is 6.08 Å². The van der Waals surface area contributed by atoms with Gasteiger partial charge in [0, 0.05) is 11.1 Å². The van der Waals surface area contributed by atoms with E-state index in [1.54, 1.807) is 11.1 Å². The highest BCUT2D eigenvalue weighted by molar-refractivity contribution is 8.04. The molecular weight excluding hydrogens is 406 g/mol. The molecule has 0 saturated carbocycles. The van der Waals surface area contributed by atoms with Crippen LogP contribution in [0.3, 0.4) is 0 Å². The van der Waals surface area contributed by atoms with Crippen molar-refractivity contribution in [1.82, 2.24) is 10.3 Å². The number of fused-ring (bicyclic) bond motifs is 1. The molecule has 0 aliphatic carbocycles. The summed E-state index contributed by atoms with van der Waals surface area (Å²) in [7, 11) is 0. The van der Waals surface area contributed by atoms with Gasteiger partial charge in [-0.05, 0) is 47.9 Å². The van der Waals surface area contributed by atoms with Crippen LogP contribution in [0.2, 0.25) is 0 Å². The van der Waals surface area contributed by atoms with Crippen LogP contribution in [-0.4, -0.2) is 23.3 Å². The lowest BCUT2D eigenvalue weighted by atomic mass is 10.1. The van der Waals surface area contributed by atoms with Crippen molar-refractivity contribution in [3.05, 3.63) is 94.7 Å². The number of benzene rings is 2. The summed E-state index contributed by atoms with van der Waals surface area (Å²) >= 11 is 1.44. The number of hydrogen-bond donors (Lipinski definition) is 1. The molecule has 6 heteroatoms. The van der Waals surface area contributed by atoms with Crippen LogP contribution in [0.5, 0.6) is 0 Å². The van der Waals surface area contributed by atoms with Crippen molar-refractivity contribution >= 4 is 35.3 Å². The van der Waals surface area contributed by atoms with Gasteiger partial charge >= 0.3 is 0 Å². The number of aryl methyl sites for hydroxylation is 1. The number of aromatic nitrogens is 1. The second-order valence-corrected chi connectivity index (χ2v) is 8.25. The molecule has 5 nitrogen and oxygen atoms in total. The van der Waals surface area contributed by atoms with Crippen molar-refractivity contribution in [2.24, 2.45) is 0 Å². The van der Waals surface area contributed by atoms with E-state index in [9.17, 15) is 9.59 Å². The minimum atomic E-state index is -0.229. The van der Waals surface area contributed by atoms with Crippen molar-refractivity contribution in [3.63, 3.8) is 0 Å². The number of nitrogens with zero attached hydrogens (tertiary/aromatic N) is 2. The third-order valence-corrected chi connectivity index (χ3v) is 6.09. The second kappa shape index (κ2) is 9.62. The lowest BCUT2D eigenvalue weighted by Crippen LogP contribution is -2.42. The summed E-state index contributed by atoms with van der Waals surface area (Å²) in [4.78, 5) is 33.2. The number of carbonyl (C=O) groups excluding carboxylic acids is 2. The van der Waals surface area contributed by atoms with E-state index in [0.717, 1.165) is 28.3 Å². The summed E-state index contributed by atoms with van der Waals surface area (Å²) in [6.45, 7) is 2.39. The maximum atomic E-state index is 13.3. The predicted octanol–water partition coefficient (Wildman–Crippen LogP) is 4.44. The summed E-state index contributed by atoms with van der Waals surface area (Å²) < 4.78 is 0. The minimum absolute atomic E-state index is 0.0463. The highest BCUT2D eigenvalue weighted by Crippen LogP contribution is 2.41. The highest BCUT2D eigenvalue weighted by Gasteiger charge is 2.30. The molecule has 156 valence electrons. The van der Waals surface area contributed by atoms with Gasteiger partial charge in [-0.3, -0.25) is 19.5 Å². The van der Waals surface area contributed by atoms with Gasteiger partial charge in [-0.25, -0.2) is 0 Å². The van der Waals surface area contributed by atoms with Gasteiger partial charge in [0.05, 0.1) is 22.8 Å². The number of para-hydroxylation sites is 1. The molecular formula is C25H23N3O2S. The van der Waals surface area contributed by atoms with Crippen molar-refractivity contribution in [2.45, 2.75) is 24.8 Å². The van der Waals surface area contributed by atoms with Gasteiger partial charge in [0.1, 0.15) is 6.54 Å². The molecule has 2 amide bonds. The smallest absolute Gasteiger partial charge is 0.265 e. The summed E-state index contributed by atoms with van der Waals surface area (Å²) in [5.41, 5.74) is 3.74. The first-order chi connectivity index (χ1) is 15.1. The van der Waals surface area contributed by atoms with Gasteiger partial charge in [0.15, 0.2) is 0 Å². The maximum Gasteiger partial charge on any atom is 0.265 e. The molecule has 1 aliphatic rings. The third-order valence-electron chi connectivity index (χ3n) is 5.01. The monoisotopic (exact) mass is 429 g/mol. The van der Waals surface area contributed by atoms with Crippen LogP contribution < -0.4 is 10.2 Å². The summed E-state index contributed by atoms with van der Waals surface area (Å²) in [6.07, 6.45) is 4.55. The molecule has 0 atom stereocenters. The van der Waals surface area contributed by atoms with E-state index in [0.29, 0.717) is 11.4 Å². The Bertz CT molecular complexity index is 1110. The molecule has 0 spiro atoms. The van der Waals surface area contributed by atoms with E-state index in [-0.39, 0.29) is 18.4 Å². The van der Waals surface area contributed by atoms with Gasteiger partial charge < -0.3 is 5.32 Å². The number of nitrogens with one attached hydrogen (secondary N) is 1. The lowest BCUT2D eigenvalue weighted by Gasteiger charge is -2.29. The molecule has 0 radical (unpaired) electrons. The number of amides is 2. The van der Waals surface area contributed by atoms with Crippen molar-refractivity contribution in [2.75, 3.05) is 11.4 Å². The van der Waals surface area contributed by atoms with Crippen LogP contribution in [0.1, 0.15) is 23.7 Å². The first-order valence-electron chi connectivity index (χ1n) is 10.2. The van der Waals surface area contributed by atoms with Gasteiger partial charge in [0.25, 0.3) is 5.91 Å². The number of pyridine rings is 1. The first kappa shape index (κ1) is 20.9. The van der Waals surface area contributed by atoms with Gasteiger partial charge in [0.2, 0.25) is 5.91 Å². The van der Waals surface area contributed by atoms with Crippen LogP contribution in [0.4, 0.5) is 5.69 Å². The molecule has 4 rings (SSSR count). The quantitative estimate of drug-likeness (QED) is 0.589. The molecule has 0 bridgehead atoms. The summed E-state index contributed by atoms with van der Waals surface area (Å²) in [6, 6.07) is 21.4. The maximum absolute atomic E-state index is 13.3. The molecule has 1 aromatic heterocycles. The number of thioether (sulfide) groups is 1. The van der Waals surface area contributed by atoms with Gasteiger partial charge in [-0.2, -0.15) is 0 Å². The zero-order valence-electron chi connectivity index (χ0n) is 17.2. The van der Waals surface area contributed by atoms with Gasteiger partial charge in [-0.1, -0.05) is 61.2 Å². The molecule has 0 fully saturated rings. The van der Waals surface area contributed by atoms with E-state index in [1.807, 2.05) is 60.7 Å². The van der Waals surface area contributed by atoms with Crippen molar-refractivity contribution in [3.8, 4) is 0 Å². The van der Waals surface area contributed by atoms with E-state index < -0.39 is 0 Å². The number of rotatable bonds is 6. The molecule has 0 unspecified atom stereocenters. The Morgan fingerprint density at radius 1 is 1.06 bits per heavy atom. The topological polar surface area (TPSA) is 62.3 Å². The Hall–Kier alpha value is -3.38. The fourth-order valence-corrected chi connectivity index (χ4v) is 4.37. The van der Waals surface area contributed by atoms with Crippen LogP contribution in [-0.2, 0) is 22.6 Å². The minimum Gasteiger partial charge on any atom is -0.349 e. The Morgan fingerprint density at radius 2 is 1.84 bits per heavy atom. The van der Waals surface area contributed by atoms with E-state index in [1.165, 1.54) is 17.3 Å². The van der Waals surface area contributed by atoms with Crippen LogP contribution in [0, 0.1) is 0 Å². The normalized spacial score (nSPS) is 14.4. The average Bonchev–Trinajstić information content (AvgIpc) is 2.81. The Morgan fingerprint density at radius 3 is 2.58 bits per heavy atom. The molecule has 0 saturated heterocycles. The first-order valence-corrected chi connectivity index (χ1v) is 11.0. The third kappa shape index (κ3) is 5.03. The van der Waals surface area contributed by atoms with E-state index >= 15 is 0 Å². The highest BCUT2D eigenvalue weighted by atomic mass is 32.2. The SMILES string of the molecule is CCc1ccc(C=C2Sc3ccccc3N(CC(=O)NCc3ccccn3)C2=O)cc1. The standard InChI is InChI=1S/C25H23N3O2S/c1-2-18-10-12-19(13-11-18)15-23-25(30)28(21-8-3-4-9-22(21)31-23)17-24(29)27-16-20-7-5-6-14-26-20/h3-15H,2,16-17H2,1H3,(H,27,29). The van der Waals surface area contributed by atoms with Crippen LogP contribution >= 0.6 is 11.8 Å². The van der Waals surface area contributed by atoms with Crippen molar-refractivity contribution < 1.29 is 9.59 Å². The molecule has 2 heterocycles. The zero-order valence-corrected chi connectivity index (χ0v) is 18.1.